The minimum atomic E-state index is -5.60. The van der Waals surface area contributed by atoms with Gasteiger partial charge in [-0.05, 0) is 24.3 Å². The van der Waals surface area contributed by atoms with E-state index in [0.29, 0.717) is 0 Å². The molecule has 1 amide bonds. The second kappa shape index (κ2) is 5.19. The lowest BCUT2D eigenvalue weighted by Gasteiger charge is -2.20. The lowest BCUT2D eigenvalue weighted by Crippen LogP contribution is -2.46. The molecule has 0 saturated heterocycles. The second-order valence-corrected chi connectivity index (χ2v) is 5.68. The zero-order valence-electron chi connectivity index (χ0n) is 9.41. The van der Waals surface area contributed by atoms with Crippen molar-refractivity contribution < 1.29 is 30.8 Å². The predicted octanol–water partition coefficient (Wildman–Crippen LogP) is 1.74. The van der Waals surface area contributed by atoms with E-state index in [9.17, 15) is 30.8 Å². The molecule has 11 heteroatoms. The summed E-state index contributed by atoms with van der Waals surface area (Å²) in [6.45, 7) is 0. The lowest BCUT2D eigenvalue weighted by molar-refractivity contribution is -0.197. The van der Waals surface area contributed by atoms with Crippen LogP contribution in [-0.2, 0) is 14.8 Å². The van der Waals surface area contributed by atoms with Gasteiger partial charge in [-0.3, -0.25) is 4.79 Å². The van der Waals surface area contributed by atoms with Crippen molar-refractivity contribution in [2.45, 2.75) is 16.2 Å². The lowest BCUT2D eigenvalue weighted by atomic mass is 10.3. The van der Waals surface area contributed by atoms with Crippen LogP contribution in [0.15, 0.2) is 29.2 Å². The number of sulfonamides is 1. The van der Waals surface area contributed by atoms with Gasteiger partial charge in [0.1, 0.15) is 0 Å². The summed E-state index contributed by atoms with van der Waals surface area (Å²) in [5, 5.41) is 1.76. The third-order valence-corrected chi connectivity index (χ3v) is 3.40. The molecule has 20 heavy (non-hydrogen) atoms. The van der Waals surface area contributed by atoms with Crippen LogP contribution in [-0.4, -0.2) is 25.6 Å². The van der Waals surface area contributed by atoms with E-state index in [0.717, 1.165) is 24.3 Å². The van der Waals surface area contributed by atoms with Crippen LogP contribution in [0.3, 0.4) is 0 Å². The molecule has 0 heterocycles. The van der Waals surface area contributed by atoms with Gasteiger partial charge in [-0.1, -0.05) is 11.6 Å². The fraction of sp³-hybridized carbons (Fsp3) is 0.222. The fourth-order valence-corrected chi connectivity index (χ4v) is 1.63. The number of benzene rings is 1. The molecule has 0 bridgehead atoms. The summed E-state index contributed by atoms with van der Waals surface area (Å²) < 4.78 is 71.3. The molecule has 1 rings (SSSR count). The maximum Gasteiger partial charge on any atom is 0.446 e. The number of alkyl halides is 5. The zero-order chi connectivity index (χ0) is 15.8. The SMILES string of the molecule is NS(=O)(=O)c1ccc(NC(=O)[C@@](F)(Cl)C(F)(F)F)cc1. The molecule has 0 saturated carbocycles. The molecule has 1 atom stereocenters. The number of carbonyl (C=O) groups excluding carboxylic acids is 1. The van der Waals surface area contributed by atoms with Gasteiger partial charge in [0, 0.05) is 5.69 Å². The first-order chi connectivity index (χ1) is 8.85. The van der Waals surface area contributed by atoms with Gasteiger partial charge in [0.05, 0.1) is 4.90 Å². The summed E-state index contributed by atoms with van der Waals surface area (Å²) in [6, 6.07) is 3.71. The van der Waals surface area contributed by atoms with Crippen LogP contribution in [0, 0.1) is 0 Å². The molecule has 0 radical (unpaired) electrons. The maximum absolute atomic E-state index is 13.1. The van der Waals surface area contributed by atoms with E-state index in [4.69, 9.17) is 5.14 Å². The number of amides is 1. The first kappa shape index (κ1) is 16.7. The van der Waals surface area contributed by atoms with Gasteiger partial charge >= 0.3 is 11.3 Å². The van der Waals surface area contributed by atoms with Crippen molar-refractivity contribution in [3.63, 3.8) is 0 Å². The van der Waals surface area contributed by atoms with Gasteiger partial charge < -0.3 is 5.32 Å². The van der Waals surface area contributed by atoms with Gasteiger partial charge in [0.15, 0.2) is 0 Å². The van der Waals surface area contributed by atoms with Gasteiger partial charge in [0.2, 0.25) is 10.0 Å². The fourth-order valence-electron chi connectivity index (χ4n) is 1.07. The Morgan fingerprint density at radius 1 is 1.15 bits per heavy atom. The molecule has 5 nitrogen and oxygen atoms in total. The summed E-state index contributed by atoms with van der Waals surface area (Å²) in [5.74, 6) is -2.14. The van der Waals surface area contributed by atoms with Crippen LogP contribution in [0.25, 0.3) is 0 Å². The Morgan fingerprint density at radius 2 is 1.60 bits per heavy atom. The highest BCUT2D eigenvalue weighted by molar-refractivity contribution is 7.89. The summed E-state index contributed by atoms with van der Waals surface area (Å²) in [4.78, 5) is 10.8. The van der Waals surface area contributed by atoms with Crippen molar-refractivity contribution in [3.05, 3.63) is 24.3 Å². The first-order valence-corrected chi connectivity index (χ1v) is 6.67. The Hall–Kier alpha value is -1.39. The topological polar surface area (TPSA) is 89.3 Å². The first-order valence-electron chi connectivity index (χ1n) is 4.74. The van der Waals surface area contributed by atoms with Crippen LogP contribution in [0.2, 0.25) is 0 Å². The van der Waals surface area contributed by atoms with Crippen molar-refractivity contribution in [1.82, 2.24) is 0 Å². The number of hydrogen-bond acceptors (Lipinski definition) is 3. The standard InChI is InChI=1S/C9H7ClF4N2O3S/c10-8(11,9(12,13)14)7(17)16-5-1-3-6(4-2-5)20(15,18)19/h1-4H,(H,16,17)(H2,15,18,19)/t8-/m0/s1. The monoisotopic (exact) mass is 334 g/mol. The number of nitrogens with two attached hydrogens (primary N) is 1. The van der Waals surface area contributed by atoms with E-state index in [2.05, 4.69) is 11.6 Å². The highest BCUT2D eigenvalue weighted by Crippen LogP contribution is 2.38. The van der Waals surface area contributed by atoms with Gasteiger partial charge in [0.25, 0.3) is 5.91 Å². The zero-order valence-corrected chi connectivity index (χ0v) is 11.0. The molecule has 0 aliphatic rings. The Morgan fingerprint density at radius 3 is 1.95 bits per heavy atom. The highest BCUT2D eigenvalue weighted by Gasteiger charge is 2.61. The molecule has 0 aromatic heterocycles. The number of rotatable bonds is 3. The molecule has 0 fully saturated rings. The van der Waals surface area contributed by atoms with Crippen LogP contribution < -0.4 is 10.5 Å². The molecule has 0 aliphatic carbocycles. The molecule has 3 N–H and O–H groups in total. The summed E-state index contributed by atoms with van der Waals surface area (Å²) in [7, 11) is -3.99. The number of primary sulfonamides is 1. The van der Waals surface area contributed by atoms with E-state index in [-0.39, 0.29) is 10.6 Å². The molecule has 0 spiro atoms. The summed E-state index contributed by atoms with van der Waals surface area (Å²) in [5.41, 5.74) is -0.283. The van der Waals surface area contributed by atoms with Gasteiger partial charge in [-0.25, -0.2) is 17.9 Å². The minimum Gasteiger partial charge on any atom is -0.322 e. The molecule has 0 aliphatic heterocycles. The van der Waals surface area contributed by atoms with Gasteiger partial charge in [-0.2, -0.15) is 13.2 Å². The third kappa shape index (κ3) is 3.58. The highest BCUT2D eigenvalue weighted by atomic mass is 35.5. The molecule has 0 unspecified atom stereocenters. The molecule has 1 aromatic carbocycles. The third-order valence-electron chi connectivity index (χ3n) is 2.08. The van der Waals surface area contributed by atoms with Crippen molar-refractivity contribution >= 4 is 33.2 Å². The van der Waals surface area contributed by atoms with Crippen LogP contribution in [0.1, 0.15) is 0 Å². The van der Waals surface area contributed by atoms with Crippen LogP contribution >= 0.6 is 11.6 Å². The van der Waals surface area contributed by atoms with E-state index >= 15 is 0 Å². The number of hydrogen-bond donors (Lipinski definition) is 2. The molecule has 1 aromatic rings. The Labute approximate surface area is 115 Å². The van der Waals surface area contributed by atoms with E-state index in [1.165, 1.54) is 0 Å². The number of anilines is 1. The average molecular weight is 335 g/mol. The largest absolute Gasteiger partial charge is 0.446 e. The summed E-state index contributed by atoms with van der Waals surface area (Å²) in [6.07, 6.45) is -5.60. The smallest absolute Gasteiger partial charge is 0.322 e. The Kier molecular flexibility index (Phi) is 4.32. The quantitative estimate of drug-likeness (QED) is 0.651. The Bertz CT molecular complexity index is 613. The maximum atomic E-state index is 13.1. The normalized spacial score (nSPS) is 15.5. The van der Waals surface area contributed by atoms with Crippen molar-refractivity contribution in [1.29, 1.82) is 0 Å². The summed E-state index contributed by atoms with van der Waals surface area (Å²) >= 11 is 4.50. The molecule has 112 valence electrons. The van der Waals surface area contributed by atoms with Crippen molar-refractivity contribution in [2.75, 3.05) is 5.32 Å². The van der Waals surface area contributed by atoms with E-state index in [1.807, 2.05) is 0 Å². The number of nitrogens with one attached hydrogen (secondary N) is 1. The van der Waals surface area contributed by atoms with Crippen molar-refractivity contribution in [2.24, 2.45) is 5.14 Å². The average Bonchev–Trinajstić information content (AvgIpc) is 2.26. The second-order valence-electron chi connectivity index (χ2n) is 3.60. The Balaban J connectivity index is 2.93. The number of halogens is 5. The van der Waals surface area contributed by atoms with Crippen molar-refractivity contribution in [3.8, 4) is 0 Å². The molecular formula is C9H7ClF4N2O3S. The van der Waals surface area contributed by atoms with Crippen LogP contribution in [0.4, 0.5) is 23.2 Å². The predicted molar refractivity (Wildman–Crippen MR) is 62.2 cm³/mol. The van der Waals surface area contributed by atoms with Gasteiger partial charge in [-0.15, -0.1) is 0 Å². The molecular weight excluding hydrogens is 328 g/mol. The van der Waals surface area contributed by atoms with E-state index < -0.39 is 27.2 Å². The number of carbonyl (C=O) groups is 1. The van der Waals surface area contributed by atoms with Crippen LogP contribution in [0.5, 0.6) is 0 Å². The van der Waals surface area contributed by atoms with E-state index in [1.54, 1.807) is 5.32 Å². The minimum absolute atomic E-state index is 0.283.